The summed E-state index contributed by atoms with van der Waals surface area (Å²) in [7, 11) is 0. The van der Waals surface area contributed by atoms with Crippen molar-refractivity contribution in [3.8, 4) is 0 Å². The molecule has 0 heterocycles. The van der Waals surface area contributed by atoms with Crippen LogP contribution >= 0.6 is 0 Å². The summed E-state index contributed by atoms with van der Waals surface area (Å²) in [5, 5.41) is 0. The van der Waals surface area contributed by atoms with Crippen molar-refractivity contribution in [2.45, 2.75) is 47.0 Å². The Morgan fingerprint density at radius 3 is 2.40 bits per heavy atom. The minimum atomic E-state index is 1.20. The van der Waals surface area contributed by atoms with E-state index >= 15 is 0 Å². The second-order valence-electron chi connectivity index (χ2n) is 3.40. The fraction of sp³-hybridized carbons (Fsp3) is 0.467. The maximum absolute atomic E-state index is 2.27. The van der Waals surface area contributed by atoms with Crippen LogP contribution in [0.1, 0.15) is 51.2 Å². The van der Waals surface area contributed by atoms with Crippen molar-refractivity contribution in [2.75, 3.05) is 0 Å². The SMILES string of the molecule is CC.CCCC/C=C/c1ccccc1C. The molecule has 0 aliphatic rings. The molecule has 15 heavy (non-hydrogen) atoms. The van der Waals surface area contributed by atoms with Crippen LogP contribution in [0, 0.1) is 6.92 Å². The molecule has 0 spiro atoms. The van der Waals surface area contributed by atoms with Gasteiger partial charge < -0.3 is 0 Å². The first kappa shape index (κ1) is 14.0. The van der Waals surface area contributed by atoms with Crippen LogP contribution in [0.3, 0.4) is 0 Å². The molecule has 0 bridgehead atoms. The van der Waals surface area contributed by atoms with E-state index in [1.165, 1.54) is 30.4 Å². The molecule has 0 heteroatoms. The van der Waals surface area contributed by atoms with Crippen molar-refractivity contribution in [3.05, 3.63) is 41.5 Å². The Hall–Kier alpha value is -1.04. The summed E-state index contributed by atoms with van der Waals surface area (Å²) >= 11 is 0. The number of hydrogen-bond donors (Lipinski definition) is 0. The van der Waals surface area contributed by atoms with Crippen molar-refractivity contribution in [1.82, 2.24) is 0 Å². The van der Waals surface area contributed by atoms with Crippen molar-refractivity contribution < 1.29 is 0 Å². The lowest BCUT2D eigenvalue weighted by molar-refractivity contribution is 0.816. The van der Waals surface area contributed by atoms with Gasteiger partial charge >= 0.3 is 0 Å². The highest BCUT2D eigenvalue weighted by atomic mass is 13.9. The van der Waals surface area contributed by atoms with Crippen molar-refractivity contribution >= 4 is 6.08 Å². The van der Waals surface area contributed by atoms with Gasteiger partial charge in [-0.15, -0.1) is 0 Å². The molecule has 0 fully saturated rings. The average molecular weight is 204 g/mol. The van der Waals surface area contributed by atoms with Gasteiger partial charge in [0, 0.05) is 0 Å². The smallest absolute Gasteiger partial charge is 0.0231 e. The molecular formula is C15H24. The summed E-state index contributed by atoms with van der Waals surface area (Å²) in [4.78, 5) is 0. The molecule has 84 valence electrons. The predicted molar refractivity (Wildman–Crippen MR) is 71.1 cm³/mol. The summed E-state index contributed by atoms with van der Waals surface area (Å²) in [5.74, 6) is 0. The molecule has 0 saturated carbocycles. The van der Waals surface area contributed by atoms with E-state index in [1.807, 2.05) is 13.8 Å². The van der Waals surface area contributed by atoms with Crippen LogP contribution in [0.2, 0.25) is 0 Å². The van der Waals surface area contributed by atoms with Crippen molar-refractivity contribution in [2.24, 2.45) is 0 Å². The first-order chi connectivity index (χ1) is 7.34. The van der Waals surface area contributed by atoms with E-state index in [0.29, 0.717) is 0 Å². The van der Waals surface area contributed by atoms with E-state index < -0.39 is 0 Å². The van der Waals surface area contributed by atoms with Gasteiger partial charge in [-0.05, 0) is 24.5 Å². The highest BCUT2D eigenvalue weighted by Crippen LogP contribution is 2.09. The van der Waals surface area contributed by atoms with Crippen LogP contribution in [-0.4, -0.2) is 0 Å². The molecule has 0 aromatic heterocycles. The molecule has 0 atom stereocenters. The first-order valence-electron chi connectivity index (χ1n) is 6.06. The van der Waals surface area contributed by atoms with E-state index in [0.717, 1.165) is 0 Å². The van der Waals surface area contributed by atoms with Crippen molar-refractivity contribution in [1.29, 1.82) is 0 Å². The van der Waals surface area contributed by atoms with E-state index in [2.05, 4.69) is 50.3 Å². The average Bonchev–Trinajstić information content (AvgIpc) is 2.29. The van der Waals surface area contributed by atoms with E-state index in [-0.39, 0.29) is 0 Å². The zero-order valence-corrected chi connectivity index (χ0v) is 10.6. The second-order valence-corrected chi connectivity index (χ2v) is 3.40. The fourth-order valence-corrected chi connectivity index (χ4v) is 1.31. The Balaban J connectivity index is 0.000000921. The van der Waals surface area contributed by atoms with E-state index in [9.17, 15) is 0 Å². The molecule has 0 unspecified atom stereocenters. The van der Waals surface area contributed by atoms with Crippen molar-refractivity contribution in [3.63, 3.8) is 0 Å². The molecule has 0 aliphatic heterocycles. The Morgan fingerprint density at radius 1 is 1.13 bits per heavy atom. The van der Waals surface area contributed by atoms with Gasteiger partial charge in [0.1, 0.15) is 0 Å². The largest absolute Gasteiger partial charge is 0.0839 e. The molecule has 0 radical (unpaired) electrons. The lowest BCUT2D eigenvalue weighted by Gasteiger charge is -1.97. The quantitative estimate of drug-likeness (QED) is 0.589. The van der Waals surface area contributed by atoms with Gasteiger partial charge in [0.2, 0.25) is 0 Å². The first-order valence-corrected chi connectivity index (χ1v) is 6.06. The lowest BCUT2D eigenvalue weighted by Crippen LogP contribution is -1.77. The number of aryl methyl sites for hydroxylation is 1. The Bertz CT molecular complexity index is 271. The standard InChI is InChI=1S/C13H18.C2H6/c1-3-4-5-6-10-13-11-8-7-9-12(13)2;1-2/h6-11H,3-5H2,1-2H3;1-2H3/b10-6+;. The predicted octanol–water partition coefficient (Wildman–Crippen LogP) is 5.22. The monoisotopic (exact) mass is 204 g/mol. The topological polar surface area (TPSA) is 0 Å². The third kappa shape index (κ3) is 6.11. The summed E-state index contributed by atoms with van der Waals surface area (Å²) in [6.07, 6.45) is 8.27. The highest BCUT2D eigenvalue weighted by Gasteiger charge is 1.89. The second kappa shape index (κ2) is 9.51. The number of unbranched alkanes of at least 4 members (excludes halogenated alkanes) is 2. The summed E-state index contributed by atoms with van der Waals surface area (Å²) in [5.41, 5.74) is 2.70. The summed E-state index contributed by atoms with van der Waals surface area (Å²) in [6.45, 7) is 8.38. The van der Waals surface area contributed by atoms with Crippen LogP contribution in [-0.2, 0) is 0 Å². The molecule has 0 aliphatic carbocycles. The Labute approximate surface area is 95.0 Å². The Kier molecular flexibility index (Phi) is 8.85. The number of hydrogen-bond acceptors (Lipinski definition) is 0. The maximum Gasteiger partial charge on any atom is -0.0231 e. The Morgan fingerprint density at radius 2 is 1.80 bits per heavy atom. The van der Waals surface area contributed by atoms with E-state index in [4.69, 9.17) is 0 Å². The summed E-state index contributed by atoms with van der Waals surface area (Å²) < 4.78 is 0. The zero-order valence-electron chi connectivity index (χ0n) is 10.6. The number of allylic oxidation sites excluding steroid dienone is 1. The van der Waals surface area contributed by atoms with Gasteiger partial charge in [0.05, 0.1) is 0 Å². The number of benzene rings is 1. The van der Waals surface area contributed by atoms with E-state index in [1.54, 1.807) is 0 Å². The molecule has 1 rings (SSSR count). The molecule has 0 nitrogen and oxygen atoms in total. The third-order valence-corrected chi connectivity index (χ3v) is 2.21. The van der Waals surface area contributed by atoms with Crippen LogP contribution in [0.25, 0.3) is 6.08 Å². The van der Waals surface area contributed by atoms with Crippen LogP contribution in [0.4, 0.5) is 0 Å². The van der Waals surface area contributed by atoms with Gasteiger partial charge in [-0.1, -0.05) is 70.0 Å². The molecule has 0 N–H and O–H groups in total. The van der Waals surface area contributed by atoms with Gasteiger partial charge in [0.25, 0.3) is 0 Å². The summed E-state index contributed by atoms with van der Waals surface area (Å²) in [6, 6.07) is 8.49. The van der Waals surface area contributed by atoms with Gasteiger partial charge in [-0.3, -0.25) is 0 Å². The zero-order chi connectivity index (χ0) is 11.5. The maximum atomic E-state index is 2.27. The van der Waals surface area contributed by atoms with Crippen LogP contribution in [0.5, 0.6) is 0 Å². The molecular weight excluding hydrogens is 180 g/mol. The normalized spacial score (nSPS) is 9.87. The molecule has 1 aromatic carbocycles. The lowest BCUT2D eigenvalue weighted by atomic mass is 10.1. The third-order valence-electron chi connectivity index (χ3n) is 2.21. The van der Waals surface area contributed by atoms with Crippen LogP contribution in [0.15, 0.2) is 30.3 Å². The minimum absolute atomic E-state index is 1.20. The van der Waals surface area contributed by atoms with Gasteiger partial charge in [0.15, 0.2) is 0 Å². The molecule has 0 saturated heterocycles. The fourth-order valence-electron chi connectivity index (χ4n) is 1.31. The number of rotatable bonds is 4. The van der Waals surface area contributed by atoms with Gasteiger partial charge in [-0.2, -0.15) is 0 Å². The highest BCUT2D eigenvalue weighted by molar-refractivity contribution is 5.53. The van der Waals surface area contributed by atoms with Gasteiger partial charge in [-0.25, -0.2) is 0 Å². The molecule has 0 amide bonds. The minimum Gasteiger partial charge on any atom is -0.0839 e. The molecule has 1 aromatic rings. The van der Waals surface area contributed by atoms with Crippen LogP contribution < -0.4 is 0 Å².